The molecule has 2 amide bonds. The van der Waals surface area contributed by atoms with Crippen LogP contribution in [-0.4, -0.2) is 31.6 Å². The van der Waals surface area contributed by atoms with Crippen molar-refractivity contribution in [1.29, 1.82) is 0 Å². The zero-order valence-electron chi connectivity index (χ0n) is 14.2. The second-order valence-corrected chi connectivity index (χ2v) is 5.85. The van der Waals surface area contributed by atoms with Gasteiger partial charge in [-0.3, -0.25) is 9.59 Å². The molecule has 0 aliphatic carbocycles. The molecule has 6 heteroatoms. The molecule has 3 rings (SSSR count). The number of hydrogen-bond acceptors (Lipinski definition) is 4. The summed E-state index contributed by atoms with van der Waals surface area (Å²) in [6.45, 7) is 4.35. The molecule has 1 aliphatic heterocycles. The summed E-state index contributed by atoms with van der Waals surface area (Å²) < 4.78 is 11.0. The van der Waals surface area contributed by atoms with Crippen LogP contribution in [0.2, 0.25) is 0 Å². The smallest absolute Gasteiger partial charge is 0.244 e. The Balaban J connectivity index is 1.69. The summed E-state index contributed by atoms with van der Waals surface area (Å²) in [6, 6.07) is 12.7. The Morgan fingerprint density at radius 2 is 1.72 bits per heavy atom. The van der Waals surface area contributed by atoms with Crippen LogP contribution < -0.4 is 19.7 Å². The highest BCUT2D eigenvalue weighted by Gasteiger charge is 2.17. The van der Waals surface area contributed by atoms with Crippen LogP contribution in [0.15, 0.2) is 42.5 Å². The molecule has 0 unspecified atom stereocenters. The van der Waals surface area contributed by atoms with Crippen molar-refractivity contribution in [3.63, 3.8) is 0 Å². The molecule has 1 N–H and O–H groups in total. The van der Waals surface area contributed by atoms with Crippen LogP contribution in [-0.2, 0) is 9.59 Å². The molecule has 0 fully saturated rings. The second-order valence-electron chi connectivity index (χ2n) is 5.85. The average Bonchev–Trinajstić information content (AvgIpc) is 2.60. The highest BCUT2D eigenvalue weighted by molar-refractivity contribution is 6.01. The Bertz CT molecular complexity index is 787. The molecule has 0 spiro atoms. The van der Waals surface area contributed by atoms with Crippen molar-refractivity contribution in [2.45, 2.75) is 13.8 Å². The van der Waals surface area contributed by atoms with Gasteiger partial charge in [-0.25, -0.2) is 0 Å². The van der Waals surface area contributed by atoms with Gasteiger partial charge in [-0.15, -0.1) is 0 Å². The number of fused-ring (bicyclic) bond motifs is 1. The molecule has 1 aliphatic rings. The minimum atomic E-state index is -0.285. The molecule has 25 heavy (non-hydrogen) atoms. The van der Waals surface area contributed by atoms with Gasteiger partial charge in [0.1, 0.15) is 19.8 Å². The SMILES string of the molecule is CC(=O)N(CC(=O)Nc1ccc2c(c1)OCCO2)c1ccc(C)cc1. The quantitative estimate of drug-likeness (QED) is 0.929. The highest BCUT2D eigenvalue weighted by atomic mass is 16.6. The number of nitrogens with zero attached hydrogens (tertiary/aromatic N) is 1. The first-order chi connectivity index (χ1) is 12.0. The minimum Gasteiger partial charge on any atom is -0.486 e. The van der Waals surface area contributed by atoms with Crippen molar-refractivity contribution in [2.24, 2.45) is 0 Å². The summed E-state index contributed by atoms with van der Waals surface area (Å²) in [5.41, 5.74) is 2.38. The fourth-order valence-corrected chi connectivity index (χ4v) is 2.57. The number of rotatable bonds is 4. The van der Waals surface area contributed by atoms with E-state index in [0.29, 0.717) is 36.1 Å². The van der Waals surface area contributed by atoms with E-state index in [1.165, 1.54) is 11.8 Å². The predicted molar refractivity (Wildman–Crippen MR) is 95.3 cm³/mol. The third kappa shape index (κ3) is 4.09. The fourth-order valence-electron chi connectivity index (χ4n) is 2.57. The molecule has 130 valence electrons. The molecule has 2 aromatic rings. The maximum atomic E-state index is 12.4. The highest BCUT2D eigenvalue weighted by Crippen LogP contribution is 2.32. The van der Waals surface area contributed by atoms with E-state index in [1.807, 2.05) is 31.2 Å². The molecule has 0 radical (unpaired) electrons. The van der Waals surface area contributed by atoms with Gasteiger partial charge in [-0.2, -0.15) is 0 Å². The zero-order chi connectivity index (χ0) is 17.8. The first-order valence-corrected chi connectivity index (χ1v) is 8.07. The molecule has 6 nitrogen and oxygen atoms in total. The summed E-state index contributed by atoms with van der Waals surface area (Å²) in [7, 11) is 0. The third-order valence-electron chi connectivity index (χ3n) is 3.85. The Labute approximate surface area is 146 Å². The first kappa shape index (κ1) is 16.8. The van der Waals surface area contributed by atoms with Gasteiger partial charge in [0, 0.05) is 24.4 Å². The fraction of sp³-hybridized carbons (Fsp3) is 0.263. The summed E-state index contributed by atoms with van der Waals surface area (Å²) in [5.74, 6) is 0.786. The summed E-state index contributed by atoms with van der Waals surface area (Å²) in [5, 5.41) is 2.79. The van der Waals surface area contributed by atoms with Crippen LogP contribution in [0.3, 0.4) is 0 Å². The van der Waals surface area contributed by atoms with E-state index < -0.39 is 0 Å². The van der Waals surface area contributed by atoms with E-state index in [0.717, 1.165) is 5.56 Å². The lowest BCUT2D eigenvalue weighted by molar-refractivity contribution is -0.120. The zero-order valence-corrected chi connectivity index (χ0v) is 14.2. The Morgan fingerprint density at radius 1 is 1.04 bits per heavy atom. The molecule has 0 aromatic heterocycles. The van der Waals surface area contributed by atoms with E-state index in [2.05, 4.69) is 5.32 Å². The number of ether oxygens (including phenoxy) is 2. The Kier molecular flexibility index (Phi) is 4.88. The predicted octanol–water partition coefficient (Wildman–Crippen LogP) is 2.76. The van der Waals surface area contributed by atoms with Crippen molar-refractivity contribution in [2.75, 3.05) is 30.0 Å². The lowest BCUT2D eigenvalue weighted by Crippen LogP contribution is -2.36. The topological polar surface area (TPSA) is 67.9 Å². The molecule has 0 saturated heterocycles. The van der Waals surface area contributed by atoms with Crippen LogP contribution >= 0.6 is 0 Å². The molecular weight excluding hydrogens is 320 g/mol. The van der Waals surface area contributed by atoms with Crippen LogP contribution in [0.4, 0.5) is 11.4 Å². The number of hydrogen-bond donors (Lipinski definition) is 1. The normalized spacial score (nSPS) is 12.4. The van der Waals surface area contributed by atoms with Gasteiger partial charge in [0.05, 0.1) is 0 Å². The van der Waals surface area contributed by atoms with Crippen molar-refractivity contribution < 1.29 is 19.1 Å². The van der Waals surface area contributed by atoms with Gasteiger partial charge in [-0.05, 0) is 31.2 Å². The van der Waals surface area contributed by atoms with Gasteiger partial charge in [0.25, 0.3) is 0 Å². The summed E-state index contributed by atoms with van der Waals surface area (Å²) in [4.78, 5) is 25.7. The lowest BCUT2D eigenvalue weighted by Gasteiger charge is -2.22. The largest absolute Gasteiger partial charge is 0.486 e. The average molecular weight is 340 g/mol. The van der Waals surface area contributed by atoms with Crippen LogP contribution in [0.1, 0.15) is 12.5 Å². The van der Waals surface area contributed by atoms with E-state index >= 15 is 0 Å². The van der Waals surface area contributed by atoms with Gasteiger partial charge in [-0.1, -0.05) is 17.7 Å². The van der Waals surface area contributed by atoms with Crippen molar-refractivity contribution in [1.82, 2.24) is 0 Å². The molecule has 0 saturated carbocycles. The number of aryl methyl sites for hydroxylation is 1. The molecular formula is C19H20N2O4. The van der Waals surface area contributed by atoms with E-state index in [9.17, 15) is 9.59 Å². The molecule has 0 bridgehead atoms. The third-order valence-corrected chi connectivity index (χ3v) is 3.85. The summed E-state index contributed by atoms with van der Waals surface area (Å²) in [6.07, 6.45) is 0. The van der Waals surface area contributed by atoms with Gasteiger partial charge in [0.15, 0.2) is 11.5 Å². The van der Waals surface area contributed by atoms with Gasteiger partial charge in [0.2, 0.25) is 11.8 Å². The minimum absolute atomic E-state index is 0.0627. The van der Waals surface area contributed by atoms with Crippen molar-refractivity contribution >= 4 is 23.2 Å². The van der Waals surface area contributed by atoms with E-state index in [4.69, 9.17) is 9.47 Å². The second kappa shape index (κ2) is 7.25. The Morgan fingerprint density at radius 3 is 2.40 bits per heavy atom. The first-order valence-electron chi connectivity index (χ1n) is 8.07. The van der Waals surface area contributed by atoms with Gasteiger partial charge < -0.3 is 19.7 Å². The number of carbonyl (C=O) groups excluding carboxylic acids is 2. The molecule has 0 atom stereocenters. The van der Waals surface area contributed by atoms with E-state index in [-0.39, 0.29) is 18.4 Å². The number of anilines is 2. The van der Waals surface area contributed by atoms with E-state index in [1.54, 1.807) is 18.2 Å². The number of amides is 2. The number of carbonyl (C=O) groups is 2. The van der Waals surface area contributed by atoms with Crippen LogP contribution in [0.25, 0.3) is 0 Å². The summed E-state index contributed by atoms with van der Waals surface area (Å²) >= 11 is 0. The number of nitrogens with one attached hydrogen (secondary N) is 1. The van der Waals surface area contributed by atoms with Crippen molar-refractivity contribution in [3.05, 3.63) is 48.0 Å². The van der Waals surface area contributed by atoms with Gasteiger partial charge >= 0.3 is 0 Å². The maximum Gasteiger partial charge on any atom is 0.244 e. The molecule has 2 aromatic carbocycles. The van der Waals surface area contributed by atoms with Crippen molar-refractivity contribution in [3.8, 4) is 11.5 Å². The molecule has 1 heterocycles. The Hall–Kier alpha value is -3.02. The van der Waals surface area contributed by atoms with Crippen LogP contribution in [0, 0.1) is 6.92 Å². The monoisotopic (exact) mass is 340 g/mol. The maximum absolute atomic E-state index is 12.4. The lowest BCUT2D eigenvalue weighted by atomic mass is 10.2. The number of benzene rings is 2. The van der Waals surface area contributed by atoms with Crippen LogP contribution in [0.5, 0.6) is 11.5 Å². The standard InChI is InChI=1S/C19H20N2O4/c1-13-3-6-16(7-4-13)21(14(2)22)12-19(23)20-15-5-8-17-18(11-15)25-10-9-24-17/h3-8,11H,9-10,12H2,1-2H3,(H,20,23).